The monoisotopic (exact) mass is 265 g/mol. The van der Waals surface area contributed by atoms with Crippen LogP contribution >= 0.6 is 0 Å². The molecule has 1 aliphatic rings. The number of nitro groups is 1. The summed E-state index contributed by atoms with van der Waals surface area (Å²) in [5.74, 6) is 0. The molecule has 0 amide bonds. The number of para-hydroxylation sites is 1. The minimum atomic E-state index is -0.361. The van der Waals surface area contributed by atoms with Crippen molar-refractivity contribution in [3.8, 4) is 0 Å². The number of hydrogen-bond donors (Lipinski definition) is 2. The summed E-state index contributed by atoms with van der Waals surface area (Å²) < 4.78 is 5.53. The normalized spacial score (nSPS) is 18.3. The molecule has 1 saturated heterocycles. The van der Waals surface area contributed by atoms with Crippen molar-refractivity contribution in [3.63, 3.8) is 0 Å². The largest absolute Gasteiger partial charge is 0.382 e. The van der Waals surface area contributed by atoms with Gasteiger partial charge in [-0.05, 0) is 31.4 Å². The summed E-state index contributed by atoms with van der Waals surface area (Å²) in [4.78, 5) is 10.8. The van der Waals surface area contributed by atoms with Gasteiger partial charge < -0.3 is 15.4 Å². The molecule has 0 spiro atoms. The van der Waals surface area contributed by atoms with Gasteiger partial charge in [-0.3, -0.25) is 10.1 Å². The van der Waals surface area contributed by atoms with Crippen molar-refractivity contribution in [1.29, 1.82) is 0 Å². The Kier molecular flexibility index (Phi) is 4.57. The molecule has 1 aromatic rings. The molecule has 1 unspecified atom stereocenters. The Hall–Kier alpha value is -1.82. The molecule has 1 heterocycles. The average Bonchev–Trinajstić information content (AvgIpc) is 2.91. The van der Waals surface area contributed by atoms with Gasteiger partial charge in [0.15, 0.2) is 0 Å². The van der Waals surface area contributed by atoms with Gasteiger partial charge in [-0.1, -0.05) is 6.07 Å². The molecule has 0 aromatic heterocycles. The highest BCUT2D eigenvalue weighted by molar-refractivity contribution is 5.75. The van der Waals surface area contributed by atoms with Crippen LogP contribution in [0.2, 0.25) is 0 Å². The van der Waals surface area contributed by atoms with E-state index in [9.17, 15) is 10.1 Å². The maximum atomic E-state index is 11.1. The Labute approximate surface area is 112 Å². The van der Waals surface area contributed by atoms with Crippen molar-refractivity contribution >= 4 is 17.1 Å². The number of rotatable bonds is 6. The lowest BCUT2D eigenvalue weighted by Crippen LogP contribution is -2.13. The predicted octanol–water partition coefficient (Wildman–Crippen LogP) is 2.62. The second kappa shape index (κ2) is 6.38. The first-order valence-corrected chi connectivity index (χ1v) is 6.53. The molecule has 104 valence electrons. The first kappa shape index (κ1) is 13.6. The van der Waals surface area contributed by atoms with E-state index >= 15 is 0 Å². The van der Waals surface area contributed by atoms with E-state index in [2.05, 4.69) is 10.6 Å². The van der Waals surface area contributed by atoms with Crippen LogP contribution in [-0.2, 0) is 4.74 Å². The maximum Gasteiger partial charge on any atom is 0.315 e. The predicted molar refractivity (Wildman–Crippen MR) is 74.7 cm³/mol. The zero-order valence-corrected chi connectivity index (χ0v) is 11.0. The van der Waals surface area contributed by atoms with Crippen LogP contribution in [0.3, 0.4) is 0 Å². The Morgan fingerprint density at radius 3 is 2.89 bits per heavy atom. The number of anilines is 2. The van der Waals surface area contributed by atoms with Gasteiger partial charge in [-0.25, -0.2) is 0 Å². The van der Waals surface area contributed by atoms with Crippen LogP contribution in [0.1, 0.15) is 19.3 Å². The van der Waals surface area contributed by atoms with Crippen LogP contribution < -0.4 is 10.6 Å². The van der Waals surface area contributed by atoms with Crippen molar-refractivity contribution in [1.82, 2.24) is 0 Å². The highest BCUT2D eigenvalue weighted by Gasteiger charge is 2.19. The van der Waals surface area contributed by atoms with Gasteiger partial charge in [0.1, 0.15) is 11.4 Å². The minimum Gasteiger partial charge on any atom is -0.382 e. The van der Waals surface area contributed by atoms with Gasteiger partial charge in [-0.2, -0.15) is 0 Å². The number of nitro benzene ring substituents is 1. The van der Waals surface area contributed by atoms with E-state index in [0.29, 0.717) is 24.0 Å². The fraction of sp³-hybridized carbons (Fsp3) is 0.538. The number of nitrogens with zero attached hydrogens (tertiary/aromatic N) is 1. The zero-order valence-electron chi connectivity index (χ0n) is 11.0. The Morgan fingerprint density at radius 2 is 2.26 bits per heavy atom. The topological polar surface area (TPSA) is 76.4 Å². The van der Waals surface area contributed by atoms with Crippen molar-refractivity contribution in [2.24, 2.45) is 0 Å². The highest BCUT2D eigenvalue weighted by Crippen LogP contribution is 2.32. The second-order valence-corrected chi connectivity index (χ2v) is 4.56. The van der Waals surface area contributed by atoms with E-state index in [1.807, 2.05) is 0 Å². The zero-order chi connectivity index (χ0) is 13.7. The quantitative estimate of drug-likeness (QED) is 0.610. The van der Waals surface area contributed by atoms with Crippen molar-refractivity contribution in [2.45, 2.75) is 25.4 Å². The fourth-order valence-corrected chi connectivity index (χ4v) is 2.32. The SMILES string of the molecule is CNc1cccc(NCCC2CCCO2)c1[N+](=O)[O-]. The molecule has 0 bridgehead atoms. The Balaban J connectivity index is 2.00. The van der Waals surface area contributed by atoms with Crippen LogP contribution in [0.4, 0.5) is 17.1 Å². The lowest BCUT2D eigenvalue weighted by atomic mass is 10.1. The van der Waals surface area contributed by atoms with Crippen molar-refractivity contribution in [2.75, 3.05) is 30.8 Å². The molecular weight excluding hydrogens is 246 g/mol. The molecule has 0 radical (unpaired) electrons. The molecule has 1 aromatic carbocycles. The number of hydrogen-bond acceptors (Lipinski definition) is 5. The van der Waals surface area contributed by atoms with E-state index < -0.39 is 0 Å². The molecule has 19 heavy (non-hydrogen) atoms. The summed E-state index contributed by atoms with van der Waals surface area (Å²) in [5.41, 5.74) is 1.17. The molecule has 0 saturated carbocycles. The first-order chi connectivity index (χ1) is 9.22. The van der Waals surface area contributed by atoms with E-state index in [-0.39, 0.29) is 10.6 Å². The number of benzene rings is 1. The van der Waals surface area contributed by atoms with Gasteiger partial charge in [0.05, 0.1) is 11.0 Å². The summed E-state index contributed by atoms with van der Waals surface area (Å²) in [5, 5.41) is 17.1. The smallest absolute Gasteiger partial charge is 0.315 e. The van der Waals surface area contributed by atoms with Crippen LogP contribution in [0, 0.1) is 10.1 Å². The van der Waals surface area contributed by atoms with Crippen molar-refractivity contribution < 1.29 is 9.66 Å². The molecule has 2 N–H and O–H groups in total. The first-order valence-electron chi connectivity index (χ1n) is 6.53. The fourth-order valence-electron chi connectivity index (χ4n) is 2.32. The average molecular weight is 265 g/mol. The highest BCUT2D eigenvalue weighted by atomic mass is 16.6. The van der Waals surface area contributed by atoms with E-state index in [0.717, 1.165) is 25.9 Å². The van der Waals surface area contributed by atoms with Crippen molar-refractivity contribution in [3.05, 3.63) is 28.3 Å². The lowest BCUT2D eigenvalue weighted by Gasteiger charge is -2.12. The van der Waals surface area contributed by atoms with Gasteiger partial charge in [-0.15, -0.1) is 0 Å². The van der Waals surface area contributed by atoms with Crippen LogP contribution in [0.15, 0.2) is 18.2 Å². The molecule has 1 aliphatic heterocycles. The molecule has 2 rings (SSSR count). The molecule has 0 aliphatic carbocycles. The summed E-state index contributed by atoms with van der Waals surface area (Å²) >= 11 is 0. The molecule has 1 atom stereocenters. The van der Waals surface area contributed by atoms with Crippen LogP contribution in [0.25, 0.3) is 0 Å². The molecule has 1 fully saturated rings. The number of ether oxygens (including phenoxy) is 1. The minimum absolute atomic E-state index is 0.0948. The molecule has 6 heteroatoms. The lowest BCUT2D eigenvalue weighted by molar-refractivity contribution is -0.383. The molecular formula is C13H19N3O3. The van der Waals surface area contributed by atoms with Gasteiger partial charge >= 0.3 is 5.69 Å². The summed E-state index contributed by atoms with van der Waals surface area (Å²) in [6, 6.07) is 5.23. The third-order valence-electron chi connectivity index (χ3n) is 3.29. The van der Waals surface area contributed by atoms with Gasteiger partial charge in [0.25, 0.3) is 0 Å². The maximum absolute atomic E-state index is 11.1. The summed E-state index contributed by atoms with van der Waals surface area (Å²) in [6.07, 6.45) is 3.36. The van der Waals surface area contributed by atoms with E-state index in [4.69, 9.17) is 4.74 Å². The van der Waals surface area contributed by atoms with Crippen LogP contribution in [0.5, 0.6) is 0 Å². The molecule has 6 nitrogen and oxygen atoms in total. The second-order valence-electron chi connectivity index (χ2n) is 4.56. The Morgan fingerprint density at radius 1 is 1.47 bits per heavy atom. The standard InChI is InChI=1S/C13H19N3O3/c1-14-11-5-2-6-12(13(11)16(17)18)15-8-7-10-4-3-9-19-10/h2,5-6,10,14-15H,3-4,7-9H2,1H3. The van der Waals surface area contributed by atoms with Gasteiger partial charge in [0.2, 0.25) is 0 Å². The third-order valence-corrected chi connectivity index (χ3v) is 3.29. The van der Waals surface area contributed by atoms with E-state index in [1.165, 1.54) is 0 Å². The van der Waals surface area contributed by atoms with Crippen LogP contribution in [-0.4, -0.2) is 31.2 Å². The van der Waals surface area contributed by atoms with Gasteiger partial charge in [0, 0.05) is 20.2 Å². The summed E-state index contributed by atoms with van der Waals surface area (Å²) in [7, 11) is 1.68. The summed E-state index contributed by atoms with van der Waals surface area (Å²) in [6.45, 7) is 1.51. The Bertz CT molecular complexity index is 445. The number of nitrogens with one attached hydrogen (secondary N) is 2. The third kappa shape index (κ3) is 3.35. The van der Waals surface area contributed by atoms with E-state index in [1.54, 1.807) is 25.2 Å².